The standard InChI is InChI=1S/C16H26N2O/c1-3-7-19-15-9-14(10-18-11-15)16(17)13-6-5-12(4-2)8-13/h9-13,16H,3-8,17H2,1-2H3. The average molecular weight is 262 g/mol. The van der Waals surface area contributed by atoms with Gasteiger partial charge in [0.1, 0.15) is 5.75 Å². The predicted molar refractivity (Wildman–Crippen MR) is 78.1 cm³/mol. The molecule has 19 heavy (non-hydrogen) atoms. The van der Waals surface area contributed by atoms with Gasteiger partial charge in [0, 0.05) is 12.2 Å². The lowest BCUT2D eigenvalue weighted by molar-refractivity contribution is 0.315. The number of hydrogen-bond donors (Lipinski definition) is 1. The van der Waals surface area contributed by atoms with Crippen LogP contribution in [0.5, 0.6) is 5.75 Å². The molecule has 0 saturated heterocycles. The summed E-state index contributed by atoms with van der Waals surface area (Å²) in [6.07, 6.45) is 9.79. The molecule has 0 aromatic carbocycles. The van der Waals surface area contributed by atoms with Gasteiger partial charge in [-0.3, -0.25) is 4.98 Å². The summed E-state index contributed by atoms with van der Waals surface area (Å²) in [6.45, 7) is 5.12. The molecule has 1 aromatic rings. The number of ether oxygens (including phenoxy) is 1. The molecule has 1 heterocycles. The molecule has 1 aliphatic rings. The SMILES string of the molecule is CCCOc1cncc(C(N)C2CCC(CC)C2)c1. The van der Waals surface area contributed by atoms with Crippen LogP contribution >= 0.6 is 0 Å². The Hall–Kier alpha value is -1.09. The summed E-state index contributed by atoms with van der Waals surface area (Å²) in [5.74, 6) is 2.32. The van der Waals surface area contributed by atoms with E-state index in [9.17, 15) is 0 Å². The molecule has 1 aromatic heterocycles. The third-order valence-electron chi connectivity index (χ3n) is 4.26. The van der Waals surface area contributed by atoms with E-state index in [0.717, 1.165) is 30.3 Å². The molecule has 106 valence electrons. The molecule has 1 saturated carbocycles. The van der Waals surface area contributed by atoms with Gasteiger partial charge in [-0.15, -0.1) is 0 Å². The topological polar surface area (TPSA) is 48.1 Å². The van der Waals surface area contributed by atoms with E-state index in [1.807, 2.05) is 6.20 Å². The third-order valence-corrected chi connectivity index (χ3v) is 4.26. The van der Waals surface area contributed by atoms with Crippen molar-refractivity contribution < 1.29 is 4.74 Å². The smallest absolute Gasteiger partial charge is 0.137 e. The lowest BCUT2D eigenvalue weighted by Gasteiger charge is -2.20. The third kappa shape index (κ3) is 3.69. The summed E-state index contributed by atoms with van der Waals surface area (Å²) >= 11 is 0. The van der Waals surface area contributed by atoms with E-state index in [2.05, 4.69) is 24.9 Å². The molecule has 3 atom stereocenters. The molecule has 0 bridgehead atoms. The molecule has 3 unspecified atom stereocenters. The zero-order chi connectivity index (χ0) is 13.7. The minimum absolute atomic E-state index is 0.106. The molecule has 1 aliphatic carbocycles. The van der Waals surface area contributed by atoms with Crippen molar-refractivity contribution in [3.8, 4) is 5.75 Å². The van der Waals surface area contributed by atoms with Gasteiger partial charge in [0.05, 0.1) is 12.8 Å². The molecule has 0 spiro atoms. The first-order chi connectivity index (χ1) is 9.24. The van der Waals surface area contributed by atoms with Crippen LogP contribution in [0.25, 0.3) is 0 Å². The normalized spacial score (nSPS) is 24.4. The van der Waals surface area contributed by atoms with Gasteiger partial charge in [0.15, 0.2) is 0 Å². The van der Waals surface area contributed by atoms with Crippen molar-refractivity contribution in [2.24, 2.45) is 17.6 Å². The average Bonchev–Trinajstić information content (AvgIpc) is 2.93. The van der Waals surface area contributed by atoms with E-state index in [1.165, 1.54) is 25.7 Å². The number of nitrogens with zero attached hydrogens (tertiary/aromatic N) is 1. The van der Waals surface area contributed by atoms with Gasteiger partial charge < -0.3 is 10.5 Å². The Bertz CT molecular complexity index is 394. The largest absolute Gasteiger partial charge is 0.492 e. The highest BCUT2D eigenvalue weighted by Gasteiger charge is 2.29. The minimum Gasteiger partial charge on any atom is -0.492 e. The van der Waals surface area contributed by atoms with Crippen molar-refractivity contribution in [1.82, 2.24) is 4.98 Å². The Labute approximate surface area is 116 Å². The van der Waals surface area contributed by atoms with Crippen molar-refractivity contribution in [2.45, 2.75) is 52.0 Å². The van der Waals surface area contributed by atoms with Crippen molar-refractivity contribution in [2.75, 3.05) is 6.61 Å². The summed E-state index contributed by atoms with van der Waals surface area (Å²) < 4.78 is 5.63. The van der Waals surface area contributed by atoms with Crippen LogP contribution in [0, 0.1) is 11.8 Å². The fraction of sp³-hybridized carbons (Fsp3) is 0.688. The maximum Gasteiger partial charge on any atom is 0.137 e. The lowest BCUT2D eigenvalue weighted by Crippen LogP contribution is -2.19. The van der Waals surface area contributed by atoms with Gasteiger partial charge in [-0.1, -0.05) is 26.7 Å². The van der Waals surface area contributed by atoms with Gasteiger partial charge in [0.25, 0.3) is 0 Å². The van der Waals surface area contributed by atoms with Gasteiger partial charge in [-0.2, -0.15) is 0 Å². The van der Waals surface area contributed by atoms with Crippen LogP contribution < -0.4 is 10.5 Å². The van der Waals surface area contributed by atoms with E-state index in [-0.39, 0.29) is 6.04 Å². The second-order valence-corrected chi connectivity index (χ2v) is 5.68. The van der Waals surface area contributed by atoms with Gasteiger partial charge in [-0.25, -0.2) is 0 Å². The van der Waals surface area contributed by atoms with Gasteiger partial charge >= 0.3 is 0 Å². The Morgan fingerprint density at radius 1 is 1.37 bits per heavy atom. The molecule has 3 nitrogen and oxygen atoms in total. The van der Waals surface area contributed by atoms with Crippen LogP contribution in [0.4, 0.5) is 0 Å². The maximum absolute atomic E-state index is 6.42. The zero-order valence-corrected chi connectivity index (χ0v) is 12.1. The van der Waals surface area contributed by atoms with Crippen molar-refractivity contribution in [3.63, 3.8) is 0 Å². The van der Waals surface area contributed by atoms with E-state index < -0.39 is 0 Å². The minimum atomic E-state index is 0.106. The first-order valence-corrected chi connectivity index (χ1v) is 7.57. The molecule has 3 heteroatoms. The summed E-state index contributed by atoms with van der Waals surface area (Å²) in [7, 11) is 0. The number of aromatic nitrogens is 1. The molecule has 0 aliphatic heterocycles. The Morgan fingerprint density at radius 2 is 2.21 bits per heavy atom. The highest BCUT2D eigenvalue weighted by atomic mass is 16.5. The molecule has 0 radical (unpaired) electrons. The second kappa shape index (κ2) is 6.90. The molecule has 0 amide bonds. The van der Waals surface area contributed by atoms with E-state index in [4.69, 9.17) is 10.5 Å². The summed E-state index contributed by atoms with van der Waals surface area (Å²) in [5, 5.41) is 0. The fourth-order valence-corrected chi connectivity index (χ4v) is 3.00. The Kier molecular flexibility index (Phi) is 5.20. The molecule has 2 N–H and O–H groups in total. The summed E-state index contributed by atoms with van der Waals surface area (Å²) in [6, 6.07) is 2.17. The number of pyridine rings is 1. The zero-order valence-electron chi connectivity index (χ0n) is 12.1. The monoisotopic (exact) mass is 262 g/mol. The molecule has 2 rings (SSSR count). The van der Waals surface area contributed by atoms with Crippen LogP contribution in [0.3, 0.4) is 0 Å². The van der Waals surface area contributed by atoms with Crippen molar-refractivity contribution in [3.05, 3.63) is 24.0 Å². The lowest BCUT2D eigenvalue weighted by atomic mass is 9.92. The maximum atomic E-state index is 6.42. The first kappa shape index (κ1) is 14.3. The summed E-state index contributed by atoms with van der Waals surface area (Å²) in [4.78, 5) is 4.26. The van der Waals surface area contributed by atoms with Crippen LogP contribution in [0.15, 0.2) is 18.5 Å². The van der Waals surface area contributed by atoms with Gasteiger partial charge in [-0.05, 0) is 42.7 Å². The highest BCUT2D eigenvalue weighted by molar-refractivity contribution is 5.26. The number of hydrogen-bond acceptors (Lipinski definition) is 3. The fourth-order valence-electron chi connectivity index (χ4n) is 3.00. The van der Waals surface area contributed by atoms with E-state index >= 15 is 0 Å². The first-order valence-electron chi connectivity index (χ1n) is 7.57. The quantitative estimate of drug-likeness (QED) is 0.850. The highest BCUT2D eigenvalue weighted by Crippen LogP contribution is 2.39. The summed E-state index contributed by atoms with van der Waals surface area (Å²) in [5.41, 5.74) is 7.54. The predicted octanol–water partition coefficient (Wildman–Crippen LogP) is 3.70. The Balaban J connectivity index is 2.00. The van der Waals surface area contributed by atoms with E-state index in [1.54, 1.807) is 6.20 Å². The molecule has 1 fully saturated rings. The van der Waals surface area contributed by atoms with Crippen molar-refractivity contribution >= 4 is 0 Å². The Morgan fingerprint density at radius 3 is 2.89 bits per heavy atom. The molecular weight excluding hydrogens is 236 g/mol. The van der Waals surface area contributed by atoms with Crippen LogP contribution in [-0.2, 0) is 0 Å². The van der Waals surface area contributed by atoms with Crippen LogP contribution in [0.2, 0.25) is 0 Å². The van der Waals surface area contributed by atoms with Crippen LogP contribution in [0.1, 0.15) is 57.6 Å². The van der Waals surface area contributed by atoms with Crippen LogP contribution in [-0.4, -0.2) is 11.6 Å². The second-order valence-electron chi connectivity index (χ2n) is 5.68. The number of nitrogens with two attached hydrogens (primary N) is 1. The van der Waals surface area contributed by atoms with E-state index in [0.29, 0.717) is 5.92 Å². The molecular formula is C16H26N2O. The number of rotatable bonds is 6. The van der Waals surface area contributed by atoms with Crippen molar-refractivity contribution in [1.29, 1.82) is 0 Å². The van der Waals surface area contributed by atoms with Gasteiger partial charge in [0.2, 0.25) is 0 Å².